The van der Waals surface area contributed by atoms with Gasteiger partial charge < -0.3 is 10.2 Å². The summed E-state index contributed by atoms with van der Waals surface area (Å²) in [5.41, 5.74) is 1.35. The summed E-state index contributed by atoms with van der Waals surface area (Å²) >= 11 is 5.93. The molecule has 0 bridgehead atoms. The lowest BCUT2D eigenvalue weighted by Gasteiger charge is -2.31. The Morgan fingerprint density at radius 1 is 1.00 bits per heavy atom. The third kappa shape index (κ3) is 8.37. The quantitative estimate of drug-likeness (QED) is 0.520. The Labute approximate surface area is 201 Å². The number of hydrogen-bond acceptors (Lipinski definition) is 4. The number of nitrogens with one attached hydrogen (secondary N) is 1. The first-order chi connectivity index (χ1) is 15.5. The topological polar surface area (TPSA) is 86.8 Å². The zero-order chi connectivity index (χ0) is 24.6. The second kappa shape index (κ2) is 12.0. The highest BCUT2D eigenvalue weighted by Gasteiger charge is 2.29. The predicted octanol–water partition coefficient (Wildman–Crippen LogP) is 3.34. The van der Waals surface area contributed by atoms with Crippen molar-refractivity contribution in [2.24, 2.45) is 5.92 Å². The molecule has 180 valence electrons. The van der Waals surface area contributed by atoms with Gasteiger partial charge in [0.25, 0.3) is 0 Å². The summed E-state index contributed by atoms with van der Waals surface area (Å²) in [4.78, 5) is 27.5. The molecule has 1 atom stereocenters. The summed E-state index contributed by atoms with van der Waals surface area (Å²) in [6, 6.07) is 15.1. The van der Waals surface area contributed by atoms with Crippen molar-refractivity contribution < 1.29 is 18.0 Å². The minimum atomic E-state index is -3.75. The van der Waals surface area contributed by atoms with Gasteiger partial charge in [0.2, 0.25) is 21.8 Å². The van der Waals surface area contributed by atoms with Crippen LogP contribution >= 0.6 is 11.6 Å². The normalized spacial score (nSPS) is 12.3. The molecule has 1 unspecified atom stereocenters. The van der Waals surface area contributed by atoms with Gasteiger partial charge in [0.05, 0.1) is 11.9 Å². The summed E-state index contributed by atoms with van der Waals surface area (Å²) in [7, 11) is -3.75. The first-order valence-corrected chi connectivity index (χ1v) is 13.1. The number of nitrogens with zero attached hydrogens (tertiary/aromatic N) is 2. The number of carbonyl (C=O) groups is 2. The molecule has 0 aliphatic rings. The molecule has 0 radical (unpaired) electrons. The number of hydrogen-bond donors (Lipinski definition) is 1. The van der Waals surface area contributed by atoms with Crippen LogP contribution in [0.1, 0.15) is 26.3 Å². The third-order valence-corrected chi connectivity index (χ3v) is 6.52. The van der Waals surface area contributed by atoms with Crippen LogP contribution in [0.25, 0.3) is 0 Å². The van der Waals surface area contributed by atoms with E-state index in [-0.39, 0.29) is 18.4 Å². The lowest BCUT2D eigenvalue weighted by molar-refractivity contribution is -0.138. The first-order valence-electron chi connectivity index (χ1n) is 10.8. The minimum Gasteiger partial charge on any atom is -0.354 e. The van der Waals surface area contributed by atoms with Gasteiger partial charge in [0.15, 0.2) is 0 Å². The second-order valence-electron chi connectivity index (χ2n) is 8.38. The monoisotopic (exact) mass is 493 g/mol. The molecule has 0 saturated heterocycles. The molecule has 0 aromatic heterocycles. The van der Waals surface area contributed by atoms with E-state index < -0.39 is 28.5 Å². The number of halogens is 1. The molecule has 2 aromatic rings. The number of amides is 2. The second-order valence-corrected chi connectivity index (χ2v) is 10.7. The van der Waals surface area contributed by atoms with Crippen molar-refractivity contribution in [2.45, 2.75) is 33.2 Å². The maximum Gasteiger partial charge on any atom is 0.244 e. The van der Waals surface area contributed by atoms with Gasteiger partial charge in [-0.05, 0) is 49.1 Å². The average Bonchev–Trinajstić information content (AvgIpc) is 2.76. The molecule has 9 heteroatoms. The van der Waals surface area contributed by atoms with Gasteiger partial charge in [-0.1, -0.05) is 55.8 Å². The Balaban J connectivity index is 2.27. The molecule has 7 nitrogen and oxygen atoms in total. The number of sulfonamides is 1. The maximum atomic E-state index is 13.4. The zero-order valence-electron chi connectivity index (χ0n) is 19.5. The van der Waals surface area contributed by atoms with E-state index in [0.29, 0.717) is 23.7 Å². The van der Waals surface area contributed by atoms with Crippen molar-refractivity contribution in [3.05, 3.63) is 65.2 Å². The van der Waals surface area contributed by atoms with Crippen molar-refractivity contribution in [1.29, 1.82) is 0 Å². The highest BCUT2D eigenvalue weighted by molar-refractivity contribution is 7.92. The smallest absolute Gasteiger partial charge is 0.244 e. The van der Waals surface area contributed by atoms with E-state index in [1.807, 2.05) is 44.2 Å². The Morgan fingerprint density at radius 2 is 1.61 bits per heavy atom. The summed E-state index contributed by atoms with van der Waals surface area (Å²) in [5.74, 6) is -0.471. The predicted molar refractivity (Wildman–Crippen MR) is 133 cm³/mol. The Morgan fingerprint density at radius 3 is 2.15 bits per heavy atom. The lowest BCUT2D eigenvalue weighted by Crippen LogP contribution is -2.52. The van der Waals surface area contributed by atoms with Crippen molar-refractivity contribution >= 4 is 39.1 Å². The van der Waals surface area contributed by atoms with Gasteiger partial charge in [-0.15, -0.1) is 0 Å². The van der Waals surface area contributed by atoms with Crippen molar-refractivity contribution in [3.63, 3.8) is 0 Å². The van der Waals surface area contributed by atoms with Crippen molar-refractivity contribution in [1.82, 2.24) is 10.2 Å². The molecular formula is C24H32ClN3O4S. The molecule has 1 N–H and O–H groups in total. The molecule has 2 amide bonds. The molecule has 0 aliphatic heterocycles. The fraction of sp³-hybridized carbons (Fsp3) is 0.417. The molecule has 0 saturated carbocycles. The van der Waals surface area contributed by atoms with Crippen LogP contribution < -0.4 is 9.62 Å². The lowest BCUT2D eigenvalue weighted by atomic mass is 10.1. The Hall–Kier alpha value is -2.58. The number of benzene rings is 2. The molecule has 0 aliphatic carbocycles. The van der Waals surface area contributed by atoms with Crippen molar-refractivity contribution in [2.75, 3.05) is 30.2 Å². The van der Waals surface area contributed by atoms with Gasteiger partial charge in [0, 0.05) is 18.1 Å². The molecule has 2 rings (SSSR count). The van der Waals surface area contributed by atoms with Gasteiger partial charge >= 0.3 is 0 Å². The SMILES string of the molecule is CC(C)CNC(=O)C(C)N(CCc1ccccc1)C(=O)CN(c1ccc(Cl)cc1)S(C)(=O)=O. The van der Waals surface area contributed by atoms with Crippen LogP contribution in [0.3, 0.4) is 0 Å². The van der Waals surface area contributed by atoms with E-state index in [1.165, 1.54) is 4.90 Å². The average molecular weight is 494 g/mol. The van der Waals surface area contributed by atoms with E-state index in [1.54, 1.807) is 31.2 Å². The standard InChI is InChI=1S/C24H32ClN3O4S/c1-18(2)16-26-24(30)19(3)27(15-14-20-8-6-5-7-9-20)23(29)17-28(33(4,31)32)22-12-10-21(25)11-13-22/h5-13,18-19H,14-17H2,1-4H3,(H,26,30). The summed E-state index contributed by atoms with van der Waals surface area (Å²) in [6.07, 6.45) is 1.58. The highest BCUT2D eigenvalue weighted by atomic mass is 35.5. The summed E-state index contributed by atoms with van der Waals surface area (Å²) in [5, 5.41) is 3.31. The minimum absolute atomic E-state index is 0.264. The van der Waals surface area contributed by atoms with Crippen LogP contribution in [-0.2, 0) is 26.0 Å². The van der Waals surface area contributed by atoms with E-state index in [0.717, 1.165) is 16.1 Å². The van der Waals surface area contributed by atoms with E-state index in [2.05, 4.69) is 5.32 Å². The zero-order valence-corrected chi connectivity index (χ0v) is 21.1. The van der Waals surface area contributed by atoms with Crippen LogP contribution in [0, 0.1) is 5.92 Å². The molecule has 2 aromatic carbocycles. The molecular weight excluding hydrogens is 462 g/mol. The summed E-state index contributed by atoms with van der Waals surface area (Å²) < 4.78 is 26.0. The molecule has 0 spiro atoms. The Kier molecular flexibility index (Phi) is 9.73. The number of carbonyl (C=O) groups excluding carboxylic acids is 2. The van der Waals surface area contributed by atoms with Gasteiger partial charge in [-0.2, -0.15) is 0 Å². The first kappa shape index (κ1) is 26.7. The number of anilines is 1. The number of rotatable bonds is 11. The fourth-order valence-corrected chi connectivity index (χ4v) is 4.22. The van der Waals surface area contributed by atoms with Crippen molar-refractivity contribution in [3.8, 4) is 0 Å². The van der Waals surface area contributed by atoms with E-state index in [9.17, 15) is 18.0 Å². The summed E-state index contributed by atoms with van der Waals surface area (Å²) in [6.45, 7) is 5.98. The highest BCUT2D eigenvalue weighted by Crippen LogP contribution is 2.21. The van der Waals surface area contributed by atoms with Crippen LogP contribution in [0.4, 0.5) is 5.69 Å². The van der Waals surface area contributed by atoms with E-state index >= 15 is 0 Å². The van der Waals surface area contributed by atoms with Crippen LogP contribution in [0.5, 0.6) is 0 Å². The van der Waals surface area contributed by atoms with Gasteiger partial charge in [-0.25, -0.2) is 8.42 Å². The third-order valence-electron chi connectivity index (χ3n) is 5.13. The molecule has 0 fully saturated rings. The van der Waals surface area contributed by atoms with Gasteiger partial charge in [0.1, 0.15) is 12.6 Å². The van der Waals surface area contributed by atoms with E-state index in [4.69, 9.17) is 11.6 Å². The van der Waals surface area contributed by atoms with Gasteiger partial charge in [-0.3, -0.25) is 13.9 Å². The van der Waals surface area contributed by atoms with Crippen LogP contribution in [0.2, 0.25) is 5.02 Å². The fourth-order valence-electron chi connectivity index (χ4n) is 3.24. The van der Waals surface area contributed by atoms with Crippen LogP contribution in [-0.4, -0.2) is 57.1 Å². The molecule has 0 heterocycles. The molecule has 33 heavy (non-hydrogen) atoms. The van der Waals surface area contributed by atoms with Crippen LogP contribution in [0.15, 0.2) is 54.6 Å². The largest absolute Gasteiger partial charge is 0.354 e. The Bertz CT molecular complexity index is 1030. The maximum absolute atomic E-state index is 13.4.